The van der Waals surface area contributed by atoms with Crippen molar-refractivity contribution in [3.8, 4) is 0 Å². The lowest BCUT2D eigenvalue weighted by Gasteiger charge is -2.30. The van der Waals surface area contributed by atoms with Gasteiger partial charge in [-0.15, -0.1) is 0 Å². The molecule has 1 aliphatic rings. The standard InChI is InChI=1S/C11H19N3O/c1-3-5-9-13-10(15-14-9)11(2)6-4-7-12-8-11/h12H,3-8H2,1-2H3. The Balaban J connectivity index is 2.12. The second kappa shape index (κ2) is 4.31. The fraction of sp³-hybridized carbons (Fsp3) is 0.818. The smallest absolute Gasteiger partial charge is 0.233 e. The minimum absolute atomic E-state index is 0.0389. The summed E-state index contributed by atoms with van der Waals surface area (Å²) in [5.41, 5.74) is 0.0389. The van der Waals surface area contributed by atoms with Crippen molar-refractivity contribution in [3.05, 3.63) is 11.7 Å². The third-order valence-electron chi connectivity index (χ3n) is 3.06. The SMILES string of the molecule is CCCc1noc(C2(C)CCCNC2)n1. The van der Waals surface area contributed by atoms with Crippen molar-refractivity contribution in [2.45, 2.75) is 44.9 Å². The van der Waals surface area contributed by atoms with Crippen LogP contribution in [-0.4, -0.2) is 23.2 Å². The molecule has 1 saturated heterocycles. The summed E-state index contributed by atoms with van der Waals surface area (Å²) in [7, 11) is 0. The molecular weight excluding hydrogens is 190 g/mol. The molecule has 1 unspecified atom stereocenters. The molecule has 1 fully saturated rings. The molecule has 2 rings (SSSR count). The molecule has 84 valence electrons. The predicted octanol–water partition coefficient (Wildman–Crippen LogP) is 1.66. The molecule has 0 amide bonds. The molecule has 0 aromatic carbocycles. The second-order valence-corrected chi connectivity index (χ2v) is 4.61. The summed E-state index contributed by atoms with van der Waals surface area (Å²) in [4.78, 5) is 4.48. The maximum absolute atomic E-state index is 5.36. The first-order valence-corrected chi connectivity index (χ1v) is 5.78. The van der Waals surface area contributed by atoms with E-state index in [9.17, 15) is 0 Å². The largest absolute Gasteiger partial charge is 0.339 e. The fourth-order valence-electron chi connectivity index (χ4n) is 2.06. The van der Waals surface area contributed by atoms with Crippen LogP contribution in [0.15, 0.2) is 4.52 Å². The quantitative estimate of drug-likeness (QED) is 0.822. The van der Waals surface area contributed by atoms with E-state index in [4.69, 9.17) is 4.52 Å². The van der Waals surface area contributed by atoms with Crippen molar-refractivity contribution in [3.63, 3.8) is 0 Å². The number of rotatable bonds is 3. The van der Waals surface area contributed by atoms with Crippen molar-refractivity contribution in [1.82, 2.24) is 15.5 Å². The highest BCUT2D eigenvalue weighted by Crippen LogP contribution is 2.29. The number of aromatic nitrogens is 2. The number of hydrogen-bond acceptors (Lipinski definition) is 4. The van der Waals surface area contributed by atoms with E-state index in [1.807, 2.05) is 0 Å². The molecule has 1 aromatic rings. The lowest BCUT2D eigenvalue weighted by molar-refractivity contribution is 0.244. The molecule has 2 heterocycles. The third kappa shape index (κ3) is 2.20. The van der Waals surface area contributed by atoms with Crippen LogP contribution in [0, 0.1) is 0 Å². The Bertz CT molecular complexity index is 315. The summed E-state index contributed by atoms with van der Waals surface area (Å²) in [6, 6.07) is 0. The van der Waals surface area contributed by atoms with Crippen LogP contribution < -0.4 is 5.32 Å². The zero-order valence-corrected chi connectivity index (χ0v) is 9.55. The molecule has 0 bridgehead atoms. The summed E-state index contributed by atoms with van der Waals surface area (Å²) in [6.45, 7) is 6.37. The third-order valence-corrected chi connectivity index (χ3v) is 3.06. The molecule has 0 aliphatic carbocycles. The van der Waals surface area contributed by atoms with Gasteiger partial charge in [0.15, 0.2) is 5.82 Å². The Morgan fingerprint density at radius 1 is 1.53 bits per heavy atom. The summed E-state index contributed by atoms with van der Waals surface area (Å²) in [6.07, 6.45) is 4.29. The minimum Gasteiger partial charge on any atom is -0.339 e. The lowest BCUT2D eigenvalue weighted by Crippen LogP contribution is -2.41. The van der Waals surface area contributed by atoms with Crippen LogP contribution >= 0.6 is 0 Å². The highest BCUT2D eigenvalue weighted by Gasteiger charge is 2.34. The van der Waals surface area contributed by atoms with E-state index in [-0.39, 0.29) is 5.41 Å². The molecule has 4 nitrogen and oxygen atoms in total. The normalized spacial score (nSPS) is 26.8. The van der Waals surface area contributed by atoms with Crippen molar-refractivity contribution >= 4 is 0 Å². The van der Waals surface area contributed by atoms with Gasteiger partial charge in [-0.1, -0.05) is 12.1 Å². The van der Waals surface area contributed by atoms with Crippen molar-refractivity contribution in [2.75, 3.05) is 13.1 Å². The maximum atomic E-state index is 5.36. The number of aryl methyl sites for hydroxylation is 1. The highest BCUT2D eigenvalue weighted by molar-refractivity contribution is 5.06. The minimum atomic E-state index is 0.0389. The molecule has 0 saturated carbocycles. The monoisotopic (exact) mass is 209 g/mol. The molecular formula is C11H19N3O. The topological polar surface area (TPSA) is 51.0 Å². The molecule has 1 atom stereocenters. The van der Waals surface area contributed by atoms with Gasteiger partial charge in [-0.2, -0.15) is 4.98 Å². The number of nitrogens with one attached hydrogen (secondary N) is 1. The average molecular weight is 209 g/mol. The number of hydrogen-bond donors (Lipinski definition) is 1. The van der Waals surface area contributed by atoms with Gasteiger partial charge in [0, 0.05) is 13.0 Å². The van der Waals surface area contributed by atoms with E-state index < -0.39 is 0 Å². The summed E-state index contributed by atoms with van der Waals surface area (Å²) >= 11 is 0. The first kappa shape index (κ1) is 10.6. The summed E-state index contributed by atoms with van der Waals surface area (Å²) in [5, 5.41) is 7.40. The average Bonchev–Trinajstić information content (AvgIpc) is 2.69. The molecule has 1 N–H and O–H groups in total. The first-order chi connectivity index (χ1) is 7.24. The van der Waals surface area contributed by atoms with Crippen LogP contribution in [-0.2, 0) is 11.8 Å². The van der Waals surface area contributed by atoms with E-state index in [0.717, 1.165) is 44.1 Å². The van der Waals surface area contributed by atoms with Crippen molar-refractivity contribution in [2.24, 2.45) is 0 Å². The van der Waals surface area contributed by atoms with Gasteiger partial charge in [-0.25, -0.2) is 0 Å². The lowest BCUT2D eigenvalue weighted by atomic mass is 9.83. The predicted molar refractivity (Wildman–Crippen MR) is 57.7 cm³/mol. The summed E-state index contributed by atoms with van der Waals surface area (Å²) < 4.78 is 5.36. The van der Waals surface area contributed by atoms with Crippen molar-refractivity contribution in [1.29, 1.82) is 0 Å². The molecule has 4 heteroatoms. The zero-order chi connectivity index (χ0) is 10.7. The van der Waals surface area contributed by atoms with E-state index in [1.165, 1.54) is 6.42 Å². The molecule has 0 radical (unpaired) electrons. The Morgan fingerprint density at radius 3 is 3.07 bits per heavy atom. The van der Waals surface area contributed by atoms with E-state index in [1.54, 1.807) is 0 Å². The Labute approximate surface area is 90.4 Å². The van der Waals surface area contributed by atoms with Crippen LogP contribution in [0.2, 0.25) is 0 Å². The summed E-state index contributed by atoms with van der Waals surface area (Å²) in [5.74, 6) is 1.65. The first-order valence-electron chi connectivity index (χ1n) is 5.78. The molecule has 0 spiro atoms. The zero-order valence-electron chi connectivity index (χ0n) is 9.55. The Kier molecular flexibility index (Phi) is 3.05. The highest BCUT2D eigenvalue weighted by atomic mass is 16.5. The van der Waals surface area contributed by atoms with Crippen LogP contribution in [0.1, 0.15) is 44.8 Å². The van der Waals surface area contributed by atoms with Gasteiger partial charge in [0.25, 0.3) is 0 Å². The van der Waals surface area contributed by atoms with Crippen LogP contribution in [0.5, 0.6) is 0 Å². The van der Waals surface area contributed by atoms with Gasteiger partial charge in [0.2, 0.25) is 5.89 Å². The van der Waals surface area contributed by atoms with Crippen molar-refractivity contribution < 1.29 is 4.52 Å². The fourth-order valence-corrected chi connectivity index (χ4v) is 2.06. The van der Waals surface area contributed by atoms with Gasteiger partial charge < -0.3 is 9.84 Å². The van der Waals surface area contributed by atoms with Gasteiger partial charge in [-0.05, 0) is 32.7 Å². The van der Waals surface area contributed by atoms with Gasteiger partial charge in [0.1, 0.15) is 0 Å². The van der Waals surface area contributed by atoms with Gasteiger partial charge >= 0.3 is 0 Å². The number of piperidine rings is 1. The van der Waals surface area contributed by atoms with E-state index >= 15 is 0 Å². The maximum Gasteiger partial charge on any atom is 0.233 e. The number of nitrogens with zero attached hydrogens (tertiary/aromatic N) is 2. The Hall–Kier alpha value is -0.900. The van der Waals surface area contributed by atoms with Gasteiger partial charge in [0.05, 0.1) is 5.41 Å². The van der Waals surface area contributed by atoms with Crippen LogP contribution in [0.25, 0.3) is 0 Å². The molecule has 15 heavy (non-hydrogen) atoms. The second-order valence-electron chi connectivity index (χ2n) is 4.61. The van der Waals surface area contributed by atoms with E-state index in [2.05, 4.69) is 29.3 Å². The van der Waals surface area contributed by atoms with Crippen LogP contribution in [0.4, 0.5) is 0 Å². The van der Waals surface area contributed by atoms with Gasteiger partial charge in [-0.3, -0.25) is 0 Å². The molecule has 1 aromatic heterocycles. The molecule has 1 aliphatic heterocycles. The van der Waals surface area contributed by atoms with E-state index in [0.29, 0.717) is 0 Å². The van der Waals surface area contributed by atoms with Crippen LogP contribution in [0.3, 0.4) is 0 Å². The Morgan fingerprint density at radius 2 is 2.40 bits per heavy atom.